The number of likely N-dealkylation sites (tertiary alicyclic amines) is 2. The molecule has 4 rings (SSSR count). The van der Waals surface area contributed by atoms with Crippen molar-refractivity contribution < 1.29 is 27.6 Å². The van der Waals surface area contributed by atoms with E-state index in [0.717, 1.165) is 31.3 Å². The Bertz CT molecular complexity index is 853. The first-order valence-corrected chi connectivity index (χ1v) is 12.4. The van der Waals surface area contributed by atoms with E-state index in [4.69, 9.17) is 0 Å². The summed E-state index contributed by atoms with van der Waals surface area (Å²) in [5, 5.41) is 3.13. The maximum absolute atomic E-state index is 13.3. The van der Waals surface area contributed by atoms with Gasteiger partial charge in [-0.1, -0.05) is 38.0 Å². The van der Waals surface area contributed by atoms with Crippen LogP contribution >= 0.6 is 0 Å². The van der Waals surface area contributed by atoms with E-state index in [9.17, 15) is 27.6 Å². The minimum Gasteiger partial charge on any atom is -0.351 e. The van der Waals surface area contributed by atoms with E-state index in [1.165, 1.54) is 6.08 Å². The highest BCUT2D eigenvalue weighted by atomic mass is 19.4. The van der Waals surface area contributed by atoms with Gasteiger partial charge in [0.15, 0.2) is 0 Å². The second kappa shape index (κ2) is 10.1. The van der Waals surface area contributed by atoms with Crippen molar-refractivity contribution in [1.29, 1.82) is 0 Å². The molecular formula is C25H34F3N3O3. The molecule has 6 nitrogen and oxygen atoms in total. The number of allylic oxidation sites excluding steroid dienone is 3. The van der Waals surface area contributed by atoms with Gasteiger partial charge in [-0.2, -0.15) is 13.2 Å². The van der Waals surface area contributed by atoms with Gasteiger partial charge in [0.25, 0.3) is 0 Å². The number of carbonyl (C=O) groups excluding carboxylic acids is 3. The van der Waals surface area contributed by atoms with Crippen molar-refractivity contribution >= 4 is 17.7 Å². The number of amides is 3. The zero-order chi connectivity index (χ0) is 24.5. The Morgan fingerprint density at radius 2 is 1.74 bits per heavy atom. The molecule has 1 saturated carbocycles. The molecule has 4 aliphatic rings. The first-order chi connectivity index (χ1) is 16.1. The predicted molar refractivity (Wildman–Crippen MR) is 121 cm³/mol. The van der Waals surface area contributed by atoms with Crippen LogP contribution in [0.2, 0.25) is 0 Å². The number of nitrogens with zero attached hydrogens (tertiary/aromatic N) is 2. The molecule has 1 N–H and O–H groups in total. The molecule has 188 valence electrons. The highest BCUT2D eigenvalue weighted by molar-refractivity contribution is 5.83. The van der Waals surface area contributed by atoms with Crippen molar-refractivity contribution in [3.63, 3.8) is 0 Å². The summed E-state index contributed by atoms with van der Waals surface area (Å²) in [6.45, 7) is 3.09. The summed E-state index contributed by atoms with van der Waals surface area (Å²) in [6.07, 6.45) is 5.24. The number of urea groups is 1. The molecule has 0 aromatic rings. The van der Waals surface area contributed by atoms with Crippen LogP contribution in [0.4, 0.5) is 18.0 Å². The van der Waals surface area contributed by atoms with Crippen LogP contribution in [0.25, 0.3) is 0 Å². The number of carbonyl (C=O) groups is 3. The topological polar surface area (TPSA) is 69.7 Å². The lowest BCUT2D eigenvalue weighted by atomic mass is 9.79. The molecule has 2 heterocycles. The highest BCUT2D eigenvalue weighted by Gasteiger charge is 2.43. The number of hydrogen-bond donors (Lipinski definition) is 1. The van der Waals surface area contributed by atoms with Gasteiger partial charge in [-0.3, -0.25) is 9.59 Å². The quantitative estimate of drug-likeness (QED) is 0.661. The van der Waals surface area contributed by atoms with E-state index >= 15 is 0 Å². The maximum Gasteiger partial charge on any atom is 0.395 e. The largest absolute Gasteiger partial charge is 0.395 e. The molecular weight excluding hydrogens is 447 g/mol. The standard InChI is InChI=1S/C25H34F3N3O3/c1-16-12-18(6-7-22(16)25(26,27)28)19-13-20(29-23(33)17-4-2-3-5-17)15-31(14-19)24(34)30-10-8-21(32)9-11-30/h6-7,12,16-17,19-20,22H,2-5,8-11,13-15H2,1H3,(H,29,33). The molecule has 3 fully saturated rings. The fourth-order valence-corrected chi connectivity index (χ4v) is 5.79. The van der Waals surface area contributed by atoms with Gasteiger partial charge >= 0.3 is 12.2 Å². The molecule has 0 bridgehead atoms. The monoisotopic (exact) mass is 481 g/mol. The normalized spacial score (nSPS) is 30.9. The Morgan fingerprint density at radius 1 is 1.06 bits per heavy atom. The second-order valence-electron chi connectivity index (χ2n) is 10.3. The van der Waals surface area contributed by atoms with Crippen LogP contribution in [0.3, 0.4) is 0 Å². The Hall–Kier alpha value is -2.32. The van der Waals surface area contributed by atoms with Crippen molar-refractivity contribution in [1.82, 2.24) is 15.1 Å². The molecule has 0 spiro atoms. The van der Waals surface area contributed by atoms with Gasteiger partial charge in [-0.15, -0.1) is 0 Å². The molecule has 9 heteroatoms. The molecule has 0 aromatic carbocycles. The molecule has 0 radical (unpaired) electrons. The van der Waals surface area contributed by atoms with Crippen molar-refractivity contribution in [3.05, 3.63) is 23.8 Å². The molecule has 34 heavy (non-hydrogen) atoms. The SMILES string of the molecule is CC1C=C(C2CC(NC(=O)C3CCCC3)CN(C(=O)N3CCC(=O)CC3)C2)C=CC1C(F)(F)F. The molecule has 3 amide bonds. The minimum absolute atomic E-state index is 0.000932. The zero-order valence-electron chi connectivity index (χ0n) is 19.7. The number of halogens is 3. The number of Topliss-reactive ketones (excluding diaryl/α,β-unsaturated/α-hetero) is 1. The van der Waals surface area contributed by atoms with Gasteiger partial charge in [0, 0.05) is 56.9 Å². The smallest absolute Gasteiger partial charge is 0.351 e. The van der Waals surface area contributed by atoms with Gasteiger partial charge in [-0.25, -0.2) is 4.79 Å². The van der Waals surface area contributed by atoms with Gasteiger partial charge in [-0.05, 0) is 30.8 Å². The lowest BCUT2D eigenvalue weighted by molar-refractivity contribution is -0.169. The van der Waals surface area contributed by atoms with E-state index in [1.54, 1.807) is 28.9 Å². The number of nitrogens with one attached hydrogen (secondary N) is 1. The fourth-order valence-electron chi connectivity index (χ4n) is 5.79. The summed E-state index contributed by atoms with van der Waals surface area (Å²) in [7, 11) is 0. The molecule has 2 aliphatic carbocycles. The number of alkyl halides is 3. The molecule has 2 aliphatic heterocycles. The van der Waals surface area contributed by atoms with Gasteiger partial charge in [0.2, 0.25) is 5.91 Å². The van der Waals surface area contributed by atoms with Crippen LogP contribution in [0.5, 0.6) is 0 Å². The lowest BCUT2D eigenvalue weighted by Crippen LogP contribution is -2.57. The Labute approximate surface area is 198 Å². The minimum atomic E-state index is -4.30. The summed E-state index contributed by atoms with van der Waals surface area (Å²) in [5.41, 5.74) is 0.791. The average Bonchev–Trinajstić information content (AvgIpc) is 3.33. The van der Waals surface area contributed by atoms with Gasteiger partial charge in [0.1, 0.15) is 5.78 Å². The summed E-state index contributed by atoms with van der Waals surface area (Å²) in [4.78, 5) is 41.0. The van der Waals surface area contributed by atoms with Crippen LogP contribution < -0.4 is 5.32 Å². The molecule has 2 saturated heterocycles. The summed E-state index contributed by atoms with van der Waals surface area (Å²) in [6, 6.07) is -0.425. The van der Waals surface area contributed by atoms with E-state index in [2.05, 4.69) is 5.32 Å². The Morgan fingerprint density at radius 3 is 2.35 bits per heavy atom. The summed E-state index contributed by atoms with van der Waals surface area (Å²) < 4.78 is 39.9. The van der Waals surface area contributed by atoms with E-state index in [0.29, 0.717) is 45.4 Å². The zero-order valence-corrected chi connectivity index (χ0v) is 19.7. The fraction of sp³-hybridized carbons (Fsp3) is 0.720. The third kappa shape index (κ3) is 5.66. The van der Waals surface area contributed by atoms with Gasteiger partial charge < -0.3 is 15.1 Å². The molecule has 4 atom stereocenters. The Kier molecular flexibility index (Phi) is 7.38. The van der Waals surface area contributed by atoms with Crippen LogP contribution in [-0.2, 0) is 9.59 Å². The summed E-state index contributed by atoms with van der Waals surface area (Å²) >= 11 is 0. The maximum atomic E-state index is 13.3. The highest BCUT2D eigenvalue weighted by Crippen LogP contribution is 2.39. The second-order valence-corrected chi connectivity index (χ2v) is 10.3. The van der Waals surface area contributed by atoms with Crippen LogP contribution in [-0.4, -0.2) is 65.9 Å². The third-order valence-corrected chi connectivity index (χ3v) is 7.75. The lowest BCUT2D eigenvalue weighted by Gasteiger charge is -2.42. The number of ketones is 1. The van der Waals surface area contributed by atoms with Crippen molar-refractivity contribution in [2.24, 2.45) is 23.7 Å². The van der Waals surface area contributed by atoms with Crippen LogP contribution in [0.15, 0.2) is 23.8 Å². The Balaban J connectivity index is 1.49. The predicted octanol–water partition coefficient (Wildman–Crippen LogP) is 4.08. The van der Waals surface area contributed by atoms with Crippen molar-refractivity contribution in [2.75, 3.05) is 26.2 Å². The number of piperidine rings is 2. The molecule has 0 aromatic heterocycles. The first-order valence-electron chi connectivity index (χ1n) is 12.4. The van der Waals surface area contributed by atoms with Gasteiger partial charge in [0.05, 0.1) is 5.92 Å². The van der Waals surface area contributed by atoms with Crippen LogP contribution in [0.1, 0.15) is 51.9 Å². The number of rotatable bonds is 3. The number of hydrogen-bond acceptors (Lipinski definition) is 3. The van der Waals surface area contributed by atoms with Crippen molar-refractivity contribution in [2.45, 2.75) is 64.1 Å². The van der Waals surface area contributed by atoms with E-state index in [1.807, 2.05) is 0 Å². The van der Waals surface area contributed by atoms with Crippen molar-refractivity contribution in [3.8, 4) is 0 Å². The molecule has 4 unspecified atom stereocenters. The van der Waals surface area contributed by atoms with E-state index < -0.39 is 18.0 Å². The average molecular weight is 482 g/mol. The third-order valence-electron chi connectivity index (χ3n) is 7.75. The summed E-state index contributed by atoms with van der Waals surface area (Å²) in [5.74, 6) is -2.21. The first kappa shape index (κ1) is 24.8. The van der Waals surface area contributed by atoms with E-state index in [-0.39, 0.29) is 35.6 Å². The van der Waals surface area contributed by atoms with Crippen LogP contribution in [0, 0.1) is 23.7 Å².